The minimum Gasteiger partial charge on any atom is -0.469 e. The second-order valence-corrected chi connectivity index (χ2v) is 7.34. The third-order valence-electron chi connectivity index (χ3n) is 4.25. The zero-order chi connectivity index (χ0) is 19.5. The molecule has 1 aromatic rings. The number of amides is 1. The van der Waals surface area contributed by atoms with Crippen LogP contribution in [0.2, 0.25) is 5.02 Å². The Hall–Kier alpha value is -1.59. The first-order valence-corrected chi connectivity index (χ1v) is 9.46. The smallest absolute Gasteiger partial charge is 0.310 e. The maximum absolute atomic E-state index is 12.6. The van der Waals surface area contributed by atoms with Crippen molar-refractivity contribution < 1.29 is 14.3 Å². The first-order valence-electron chi connectivity index (χ1n) is 9.08. The van der Waals surface area contributed by atoms with Gasteiger partial charge in [0.15, 0.2) is 0 Å². The Kier molecular flexibility index (Phi) is 10.3. The Bertz CT molecular complexity index is 561. The fourth-order valence-electron chi connectivity index (χ4n) is 2.75. The van der Waals surface area contributed by atoms with E-state index in [-0.39, 0.29) is 17.8 Å². The second kappa shape index (κ2) is 11.9. The van der Waals surface area contributed by atoms with E-state index in [9.17, 15) is 9.59 Å². The molecule has 1 atom stereocenters. The number of rotatable bonds is 11. The molecule has 1 unspecified atom stereocenters. The minimum atomic E-state index is -0.320. The Balaban J connectivity index is 2.54. The number of esters is 1. The molecule has 1 amide bonds. The summed E-state index contributed by atoms with van der Waals surface area (Å²) in [5.74, 6) is -0.510. The van der Waals surface area contributed by atoms with Crippen molar-refractivity contribution in [1.29, 1.82) is 0 Å². The molecule has 0 aliphatic carbocycles. The highest BCUT2D eigenvalue weighted by Gasteiger charge is 2.21. The number of nitrogens with zero attached hydrogens (tertiary/aromatic N) is 2. The van der Waals surface area contributed by atoms with Gasteiger partial charge in [0.25, 0.3) is 0 Å². The third kappa shape index (κ3) is 8.68. The Morgan fingerprint density at radius 3 is 2.35 bits per heavy atom. The van der Waals surface area contributed by atoms with Crippen LogP contribution in [0.25, 0.3) is 0 Å². The van der Waals surface area contributed by atoms with Crippen LogP contribution in [0.1, 0.15) is 31.7 Å². The van der Waals surface area contributed by atoms with Crippen molar-refractivity contribution in [1.82, 2.24) is 9.80 Å². The second-order valence-electron chi connectivity index (χ2n) is 6.90. The van der Waals surface area contributed by atoms with E-state index in [1.165, 1.54) is 12.7 Å². The molecule has 0 bridgehead atoms. The number of carbonyl (C=O) groups excluding carboxylic acids is 2. The van der Waals surface area contributed by atoms with Crippen LogP contribution in [0.3, 0.4) is 0 Å². The van der Waals surface area contributed by atoms with Gasteiger partial charge in [-0.25, -0.2) is 0 Å². The maximum atomic E-state index is 12.6. The summed E-state index contributed by atoms with van der Waals surface area (Å²) in [4.78, 5) is 28.2. The van der Waals surface area contributed by atoms with Crippen LogP contribution < -0.4 is 0 Å². The molecule has 5 nitrogen and oxygen atoms in total. The van der Waals surface area contributed by atoms with Crippen LogP contribution in [0.5, 0.6) is 0 Å². The van der Waals surface area contributed by atoms with Gasteiger partial charge in [0.1, 0.15) is 0 Å². The first kappa shape index (κ1) is 22.5. The van der Waals surface area contributed by atoms with Crippen LogP contribution in [0.4, 0.5) is 0 Å². The molecule has 0 heterocycles. The minimum absolute atomic E-state index is 0.0912. The van der Waals surface area contributed by atoms with Crippen molar-refractivity contribution in [3.63, 3.8) is 0 Å². The topological polar surface area (TPSA) is 49.9 Å². The number of methoxy groups -OCH3 is 1. The van der Waals surface area contributed by atoms with Crippen molar-refractivity contribution in [2.75, 3.05) is 40.8 Å². The van der Waals surface area contributed by atoms with Gasteiger partial charge in [-0.3, -0.25) is 9.59 Å². The van der Waals surface area contributed by atoms with Crippen LogP contribution in [0, 0.1) is 5.92 Å². The zero-order valence-electron chi connectivity index (χ0n) is 16.3. The predicted molar refractivity (Wildman–Crippen MR) is 105 cm³/mol. The largest absolute Gasteiger partial charge is 0.469 e. The van der Waals surface area contributed by atoms with Crippen molar-refractivity contribution >= 4 is 23.5 Å². The van der Waals surface area contributed by atoms with Crippen molar-refractivity contribution in [3.05, 3.63) is 34.9 Å². The molecule has 26 heavy (non-hydrogen) atoms. The number of hydrogen-bond donors (Lipinski definition) is 0. The summed E-state index contributed by atoms with van der Waals surface area (Å²) in [6.45, 7) is 3.76. The highest BCUT2D eigenvalue weighted by atomic mass is 35.5. The lowest BCUT2D eigenvalue weighted by Gasteiger charge is -2.26. The zero-order valence-corrected chi connectivity index (χ0v) is 17.1. The highest BCUT2D eigenvalue weighted by molar-refractivity contribution is 6.30. The molecule has 0 saturated carbocycles. The molecule has 1 aromatic carbocycles. The van der Waals surface area contributed by atoms with Gasteiger partial charge in [-0.1, -0.05) is 30.7 Å². The van der Waals surface area contributed by atoms with Crippen LogP contribution in [0.15, 0.2) is 24.3 Å². The number of halogens is 1. The summed E-state index contributed by atoms with van der Waals surface area (Å²) in [7, 11) is 5.40. The Morgan fingerprint density at radius 2 is 1.77 bits per heavy atom. The van der Waals surface area contributed by atoms with E-state index in [0.717, 1.165) is 25.8 Å². The Morgan fingerprint density at radius 1 is 1.12 bits per heavy atom. The molecule has 0 N–H and O–H groups in total. The summed E-state index contributed by atoms with van der Waals surface area (Å²) in [5.41, 5.74) is 1.17. The average molecular weight is 383 g/mol. The SMILES string of the molecule is COC(=O)C(C)CN(CCCN(C)C)C(=O)CCCc1ccc(Cl)cc1. The van der Waals surface area contributed by atoms with Gasteiger partial charge in [-0.2, -0.15) is 0 Å². The molecule has 0 spiro atoms. The quantitative estimate of drug-likeness (QED) is 0.551. The van der Waals surface area contributed by atoms with Crippen molar-refractivity contribution in [2.45, 2.75) is 32.6 Å². The molecule has 146 valence electrons. The predicted octanol–water partition coefficient (Wildman–Crippen LogP) is 3.25. The summed E-state index contributed by atoms with van der Waals surface area (Å²) in [6.07, 6.45) is 2.96. The fourth-order valence-corrected chi connectivity index (χ4v) is 2.88. The molecular weight excluding hydrogens is 352 g/mol. The molecule has 0 fully saturated rings. The van der Waals surface area contributed by atoms with Gasteiger partial charge >= 0.3 is 5.97 Å². The average Bonchev–Trinajstić information content (AvgIpc) is 2.61. The maximum Gasteiger partial charge on any atom is 0.310 e. The van der Waals surface area contributed by atoms with Crippen molar-refractivity contribution in [2.24, 2.45) is 5.92 Å². The van der Waals surface area contributed by atoms with Crippen molar-refractivity contribution in [3.8, 4) is 0 Å². The van der Waals surface area contributed by atoms with E-state index in [1.807, 2.05) is 38.4 Å². The van der Waals surface area contributed by atoms with Gasteiger partial charge in [-0.05, 0) is 57.6 Å². The van der Waals surface area contributed by atoms with Gasteiger partial charge < -0.3 is 14.5 Å². The molecule has 6 heteroatoms. The van der Waals surface area contributed by atoms with Gasteiger partial charge in [0.05, 0.1) is 13.0 Å². The number of aryl methyl sites for hydroxylation is 1. The molecule has 0 aromatic heterocycles. The summed E-state index contributed by atoms with van der Waals surface area (Å²) in [5, 5.41) is 0.716. The number of ether oxygens (including phenoxy) is 1. The normalized spacial score (nSPS) is 12.1. The fraction of sp³-hybridized carbons (Fsp3) is 0.600. The standard InChI is InChI=1S/C20H31ClN2O3/c1-16(20(25)26-4)15-23(14-6-13-22(2)3)19(24)8-5-7-17-9-11-18(21)12-10-17/h9-12,16H,5-8,13-15H2,1-4H3. The molecular formula is C20H31ClN2O3. The molecule has 0 saturated heterocycles. The summed E-state index contributed by atoms with van der Waals surface area (Å²) in [6, 6.07) is 7.70. The highest BCUT2D eigenvalue weighted by Crippen LogP contribution is 2.13. The van der Waals surface area contributed by atoms with E-state index in [0.29, 0.717) is 24.5 Å². The lowest BCUT2D eigenvalue weighted by Crippen LogP contribution is -2.38. The van der Waals surface area contributed by atoms with E-state index in [2.05, 4.69) is 4.90 Å². The van der Waals surface area contributed by atoms with Crippen LogP contribution in [-0.4, -0.2) is 62.5 Å². The summed E-state index contributed by atoms with van der Waals surface area (Å²) < 4.78 is 4.79. The van der Waals surface area contributed by atoms with E-state index >= 15 is 0 Å². The molecule has 0 aliphatic heterocycles. The van der Waals surface area contributed by atoms with E-state index < -0.39 is 0 Å². The third-order valence-corrected chi connectivity index (χ3v) is 4.51. The summed E-state index contributed by atoms with van der Waals surface area (Å²) >= 11 is 5.89. The van der Waals surface area contributed by atoms with Gasteiger partial charge in [0.2, 0.25) is 5.91 Å². The van der Waals surface area contributed by atoms with Crippen LogP contribution >= 0.6 is 11.6 Å². The van der Waals surface area contributed by atoms with Crippen LogP contribution in [-0.2, 0) is 20.7 Å². The lowest BCUT2D eigenvalue weighted by atomic mass is 10.1. The number of benzene rings is 1. The van der Waals surface area contributed by atoms with Gasteiger partial charge in [0, 0.05) is 24.5 Å². The Labute approximate surface area is 162 Å². The lowest BCUT2D eigenvalue weighted by molar-refractivity contribution is -0.146. The number of hydrogen-bond acceptors (Lipinski definition) is 4. The van der Waals surface area contributed by atoms with E-state index in [4.69, 9.17) is 16.3 Å². The first-order chi connectivity index (χ1) is 12.3. The monoisotopic (exact) mass is 382 g/mol. The molecule has 1 rings (SSSR count). The van der Waals surface area contributed by atoms with Gasteiger partial charge in [-0.15, -0.1) is 0 Å². The molecule has 0 radical (unpaired) electrons. The number of carbonyl (C=O) groups is 2. The molecule has 0 aliphatic rings. The van der Waals surface area contributed by atoms with E-state index in [1.54, 1.807) is 11.8 Å².